The standard InChI is InChI=1S/C15H25N3OSi/c1-12(2)14-13-6-7-18(15(13)17-10-16-14)11-19-8-9-20(3,4)5/h6-7,10,12H,8-9,11H2,1-5H3. The van der Waals surface area contributed by atoms with Crippen LogP contribution in [-0.2, 0) is 11.5 Å². The van der Waals surface area contributed by atoms with E-state index in [4.69, 9.17) is 4.74 Å². The van der Waals surface area contributed by atoms with E-state index in [2.05, 4.69) is 54.1 Å². The summed E-state index contributed by atoms with van der Waals surface area (Å²) in [4.78, 5) is 8.78. The molecule has 0 radical (unpaired) electrons. The third-order valence-electron chi connectivity index (χ3n) is 3.36. The zero-order valence-electron chi connectivity index (χ0n) is 13.2. The van der Waals surface area contributed by atoms with E-state index in [0.29, 0.717) is 12.6 Å². The number of rotatable bonds is 6. The highest BCUT2D eigenvalue weighted by Crippen LogP contribution is 2.22. The van der Waals surface area contributed by atoms with Crippen molar-refractivity contribution in [2.24, 2.45) is 0 Å². The molecule has 0 aliphatic rings. The SMILES string of the molecule is CC(C)c1ncnc2c1ccn2COCC[Si](C)(C)C. The summed E-state index contributed by atoms with van der Waals surface area (Å²) in [5.41, 5.74) is 2.08. The van der Waals surface area contributed by atoms with Crippen LogP contribution in [0, 0.1) is 0 Å². The molecular weight excluding hydrogens is 266 g/mol. The third-order valence-corrected chi connectivity index (χ3v) is 5.06. The van der Waals surface area contributed by atoms with Crippen molar-refractivity contribution >= 4 is 19.1 Å². The molecule has 4 nitrogen and oxygen atoms in total. The van der Waals surface area contributed by atoms with Crippen LogP contribution < -0.4 is 0 Å². The van der Waals surface area contributed by atoms with Crippen molar-refractivity contribution in [2.75, 3.05) is 6.61 Å². The highest BCUT2D eigenvalue weighted by molar-refractivity contribution is 6.76. The number of hydrogen-bond donors (Lipinski definition) is 0. The van der Waals surface area contributed by atoms with Gasteiger partial charge in [0.2, 0.25) is 0 Å². The van der Waals surface area contributed by atoms with E-state index in [1.165, 1.54) is 6.04 Å². The zero-order chi connectivity index (χ0) is 14.8. The van der Waals surface area contributed by atoms with Crippen molar-refractivity contribution in [2.45, 2.75) is 52.2 Å². The maximum atomic E-state index is 5.80. The van der Waals surface area contributed by atoms with Crippen molar-refractivity contribution < 1.29 is 4.74 Å². The fourth-order valence-corrected chi connectivity index (χ4v) is 2.89. The number of hydrogen-bond acceptors (Lipinski definition) is 3. The Hall–Kier alpha value is -1.20. The third kappa shape index (κ3) is 3.67. The largest absolute Gasteiger partial charge is 0.361 e. The van der Waals surface area contributed by atoms with Gasteiger partial charge in [0.1, 0.15) is 18.7 Å². The minimum absolute atomic E-state index is 0.407. The first-order valence-electron chi connectivity index (χ1n) is 7.26. The van der Waals surface area contributed by atoms with Crippen LogP contribution >= 0.6 is 0 Å². The van der Waals surface area contributed by atoms with Crippen LogP contribution in [0.25, 0.3) is 11.0 Å². The highest BCUT2D eigenvalue weighted by atomic mass is 28.3. The molecule has 5 heteroatoms. The molecule has 0 aliphatic carbocycles. The Balaban J connectivity index is 2.07. The van der Waals surface area contributed by atoms with Gasteiger partial charge in [-0.2, -0.15) is 0 Å². The molecule has 0 saturated heterocycles. The Morgan fingerprint density at radius 3 is 2.65 bits per heavy atom. The summed E-state index contributed by atoms with van der Waals surface area (Å²) >= 11 is 0. The van der Waals surface area contributed by atoms with Gasteiger partial charge in [-0.25, -0.2) is 9.97 Å². The van der Waals surface area contributed by atoms with E-state index in [1.807, 2.05) is 6.20 Å². The lowest BCUT2D eigenvalue weighted by Crippen LogP contribution is -2.22. The number of ether oxygens (including phenoxy) is 1. The lowest BCUT2D eigenvalue weighted by atomic mass is 10.1. The summed E-state index contributed by atoms with van der Waals surface area (Å²) in [6.07, 6.45) is 3.69. The van der Waals surface area contributed by atoms with Crippen molar-refractivity contribution in [1.29, 1.82) is 0 Å². The van der Waals surface area contributed by atoms with E-state index >= 15 is 0 Å². The van der Waals surface area contributed by atoms with Crippen molar-refractivity contribution in [3.8, 4) is 0 Å². The Labute approximate surface area is 122 Å². The molecule has 110 valence electrons. The van der Waals surface area contributed by atoms with E-state index in [-0.39, 0.29) is 0 Å². The number of nitrogens with zero attached hydrogens (tertiary/aromatic N) is 3. The van der Waals surface area contributed by atoms with Crippen LogP contribution in [0.4, 0.5) is 0 Å². The molecule has 2 aromatic rings. The first-order valence-corrected chi connectivity index (χ1v) is 11.0. The minimum atomic E-state index is -1.02. The summed E-state index contributed by atoms with van der Waals surface area (Å²) in [7, 11) is -1.02. The molecule has 0 aromatic carbocycles. The van der Waals surface area contributed by atoms with Crippen LogP contribution in [0.15, 0.2) is 18.6 Å². The van der Waals surface area contributed by atoms with E-state index in [1.54, 1.807) is 6.33 Å². The van der Waals surface area contributed by atoms with Gasteiger partial charge in [-0.1, -0.05) is 33.5 Å². The van der Waals surface area contributed by atoms with Gasteiger partial charge in [0.05, 0.1) is 5.69 Å². The summed E-state index contributed by atoms with van der Waals surface area (Å²) in [6.45, 7) is 12.8. The lowest BCUT2D eigenvalue weighted by Gasteiger charge is -2.15. The normalized spacial score (nSPS) is 12.5. The Morgan fingerprint density at radius 2 is 2.00 bits per heavy atom. The molecule has 0 bridgehead atoms. The van der Waals surface area contributed by atoms with Crippen molar-refractivity contribution in [1.82, 2.24) is 14.5 Å². The molecule has 0 unspecified atom stereocenters. The quantitative estimate of drug-likeness (QED) is 0.599. The van der Waals surface area contributed by atoms with Gasteiger partial charge >= 0.3 is 0 Å². The predicted octanol–water partition coefficient (Wildman–Crippen LogP) is 3.87. The van der Waals surface area contributed by atoms with E-state index in [0.717, 1.165) is 23.3 Å². The molecule has 2 rings (SSSR count). The van der Waals surface area contributed by atoms with Crippen LogP contribution in [0.5, 0.6) is 0 Å². The second kappa shape index (κ2) is 6.05. The maximum absolute atomic E-state index is 5.80. The molecule has 0 N–H and O–H groups in total. The van der Waals surface area contributed by atoms with Gasteiger partial charge < -0.3 is 9.30 Å². The first-order chi connectivity index (χ1) is 9.38. The van der Waals surface area contributed by atoms with Crippen LogP contribution in [-0.4, -0.2) is 29.2 Å². The van der Waals surface area contributed by atoms with Gasteiger partial charge in [-0.3, -0.25) is 0 Å². The summed E-state index contributed by atoms with van der Waals surface area (Å²) in [5.74, 6) is 0.407. The molecule has 2 aromatic heterocycles. The average Bonchev–Trinajstić information content (AvgIpc) is 2.76. The van der Waals surface area contributed by atoms with Gasteiger partial charge in [0, 0.05) is 26.3 Å². The summed E-state index contributed by atoms with van der Waals surface area (Å²) in [5, 5.41) is 1.14. The van der Waals surface area contributed by atoms with E-state index in [9.17, 15) is 0 Å². The minimum Gasteiger partial charge on any atom is -0.361 e. The summed E-state index contributed by atoms with van der Waals surface area (Å²) in [6, 6.07) is 3.28. The molecule has 0 fully saturated rings. The topological polar surface area (TPSA) is 39.9 Å². The molecule has 0 atom stereocenters. The molecule has 20 heavy (non-hydrogen) atoms. The molecular formula is C15H25N3OSi. The van der Waals surface area contributed by atoms with Crippen LogP contribution in [0.1, 0.15) is 25.5 Å². The Kier molecular flexibility index (Phi) is 4.60. The second-order valence-electron chi connectivity index (χ2n) is 6.78. The van der Waals surface area contributed by atoms with Gasteiger partial charge in [0.15, 0.2) is 0 Å². The van der Waals surface area contributed by atoms with Gasteiger partial charge in [-0.15, -0.1) is 0 Å². The monoisotopic (exact) mass is 291 g/mol. The molecule has 0 saturated carbocycles. The maximum Gasteiger partial charge on any atom is 0.145 e. The fraction of sp³-hybridized carbons (Fsp3) is 0.600. The van der Waals surface area contributed by atoms with Crippen molar-refractivity contribution in [3.05, 3.63) is 24.3 Å². The van der Waals surface area contributed by atoms with Gasteiger partial charge in [0.25, 0.3) is 0 Å². The van der Waals surface area contributed by atoms with E-state index < -0.39 is 8.07 Å². The second-order valence-corrected chi connectivity index (χ2v) is 12.4. The highest BCUT2D eigenvalue weighted by Gasteiger charge is 2.13. The zero-order valence-corrected chi connectivity index (χ0v) is 14.2. The van der Waals surface area contributed by atoms with Crippen LogP contribution in [0.2, 0.25) is 25.7 Å². The molecule has 0 spiro atoms. The fourth-order valence-electron chi connectivity index (χ4n) is 2.13. The number of aromatic nitrogens is 3. The lowest BCUT2D eigenvalue weighted by molar-refractivity contribution is 0.0899. The first kappa shape index (κ1) is 15.2. The molecule has 2 heterocycles. The smallest absolute Gasteiger partial charge is 0.145 e. The number of fused-ring (bicyclic) bond motifs is 1. The average molecular weight is 291 g/mol. The van der Waals surface area contributed by atoms with Crippen LogP contribution in [0.3, 0.4) is 0 Å². The summed E-state index contributed by atoms with van der Waals surface area (Å²) < 4.78 is 7.86. The van der Waals surface area contributed by atoms with Gasteiger partial charge in [-0.05, 0) is 18.0 Å². The predicted molar refractivity (Wildman–Crippen MR) is 85.7 cm³/mol. The molecule has 0 aliphatic heterocycles. The Morgan fingerprint density at radius 1 is 1.25 bits per heavy atom. The Bertz CT molecular complexity index is 572. The van der Waals surface area contributed by atoms with Crippen molar-refractivity contribution in [3.63, 3.8) is 0 Å². The molecule has 0 amide bonds.